The van der Waals surface area contributed by atoms with E-state index in [-0.39, 0.29) is 0 Å². The lowest BCUT2D eigenvalue weighted by Gasteiger charge is -2.31. The Kier molecular flexibility index (Phi) is 5.35. The fourth-order valence-corrected chi connectivity index (χ4v) is 1.92. The summed E-state index contributed by atoms with van der Waals surface area (Å²) in [6.07, 6.45) is 2.68. The van der Waals surface area contributed by atoms with Gasteiger partial charge in [-0.2, -0.15) is 0 Å². The molecule has 0 amide bonds. The first-order valence-electron chi connectivity index (χ1n) is 5.22. The smallest absolute Gasteiger partial charge is 0.0589 e. The van der Waals surface area contributed by atoms with Gasteiger partial charge >= 0.3 is 0 Å². The molecule has 3 nitrogen and oxygen atoms in total. The maximum Gasteiger partial charge on any atom is 0.0589 e. The maximum absolute atomic E-state index is 5.06. The Hall–Kier alpha value is -0.120. The van der Waals surface area contributed by atoms with Gasteiger partial charge < -0.3 is 15.0 Å². The number of methoxy groups -OCH3 is 1. The Bertz CT molecular complexity index is 122. The number of piperidine rings is 1. The van der Waals surface area contributed by atoms with Crippen molar-refractivity contribution in [1.29, 1.82) is 0 Å². The maximum atomic E-state index is 5.06. The summed E-state index contributed by atoms with van der Waals surface area (Å²) in [7, 11) is 3.81. The van der Waals surface area contributed by atoms with Crippen molar-refractivity contribution in [3.05, 3.63) is 0 Å². The molecule has 1 rings (SSSR count). The van der Waals surface area contributed by atoms with Crippen LogP contribution >= 0.6 is 0 Å². The van der Waals surface area contributed by atoms with E-state index in [1.807, 2.05) is 7.05 Å². The van der Waals surface area contributed by atoms with Crippen LogP contribution in [0.5, 0.6) is 0 Å². The number of nitrogens with zero attached hydrogens (tertiary/aromatic N) is 1. The Morgan fingerprint density at radius 1 is 1.38 bits per heavy atom. The van der Waals surface area contributed by atoms with Gasteiger partial charge in [0.1, 0.15) is 0 Å². The number of hydrogen-bond donors (Lipinski definition) is 1. The summed E-state index contributed by atoms with van der Waals surface area (Å²) in [5.74, 6) is 0.892. The summed E-state index contributed by atoms with van der Waals surface area (Å²) in [6, 6.07) is 0. The molecular formula is C10H22N2O. The topological polar surface area (TPSA) is 24.5 Å². The first-order chi connectivity index (χ1) is 6.36. The standard InChI is InChI=1S/C10H22N2O/c1-11-9-10-3-5-12(6-4-10)7-8-13-2/h10-11H,3-9H2,1-2H3. The van der Waals surface area contributed by atoms with Crippen LogP contribution in [0, 0.1) is 5.92 Å². The molecule has 1 aliphatic rings. The molecule has 1 saturated heterocycles. The second-order valence-electron chi connectivity index (χ2n) is 3.84. The van der Waals surface area contributed by atoms with Gasteiger partial charge in [0.05, 0.1) is 6.61 Å². The first kappa shape index (κ1) is 11.0. The van der Waals surface area contributed by atoms with E-state index in [2.05, 4.69) is 10.2 Å². The monoisotopic (exact) mass is 186 g/mol. The van der Waals surface area contributed by atoms with Crippen LogP contribution in [0.25, 0.3) is 0 Å². The van der Waals surface area contributed by atoms with Crippen LogP contribution in [0.2, 0.25) is 0 Å². The molecule has 0 radical (unpaired) electrons. The van der Waals surface area contributed by atoms with E-state index in [1.54, 1.807) is 7.11 Å². The van der Waals surface area contributed by atoms with E-state index in [0.717, 1.165) is 19.1 Å². The largest absolute Gasteiger partial charge is 0.383 e. The third kappa shape index (κ3) is 4.07. The summed E-state index contributed by atoms with van der Waals surface area (Å²) in [5, 5.41) is 3.25. The van der Waals surface area contributed by atoms with Crippen molar-refractivity contribution in [3.63, 3.8) is 0 Å². The van der Waals surface area contributed by atoms with E-state index in [0.29, 0.717) is 0 Å². The molecule has 1 fully saturated rings. The predicted molar refractivity (Wildman–Crippen MR) is 55.0 cm³/mol. The number of likely N-dealkylation sites (tertiary alicyclic amines) is 1. The zero-order chi connectivity index (χ0) is 9.52. The highest BCUT2D eigenvalue weighted by Gasteiger charge is 2.17. The van der Waals surface area contributed by atoms with Crippen LogP contribution in [-0.2, 0) is 4.74 Å². The number of nitrogens with one attached hydrogen (secondary N) is 1. The Morgan fingerprint density at radius 2 is 2.08 bits per heavy atom. The summed E-state index contributed by atoms with van der Waals surface area (Å²) in [6.45, 7) is 5.64. The van der Waals surface area contributed by atoms with E-state index in [9.17, 15) is 0 Å². The van der Waals surface area contributed by atoms with Crippen LogP contribution in [0.1, 0.15) is 12.8 Å². The van der Waals surface area contributed by atoms with Gasteiger partial charge in [-0.05, 0) is 45.4 Å². The van der Waals surface area contributed by atoms with Crippen LogP contribution in [0.4, 0.5) is 0 Å². The van der Waals surface area contributed by atoms with Gasteiger partial charge in [-0.15, -0.1) is 0 Å². The molecule has 1 heterocycles. The molecule has 0 aliphatic carbocycles. The van der Waals surface area contributed by atoms with Crippen molar-refractivity contribution >= 4 is 0 Å². The minimum absolute atomic E-state index is 0.872. The average molecular weight is 186 g/mol. The minimum atomic E-state index is 0.872. The Morgan fingerprint density at radius 3 is 2.62 bits per heavy atom. The number of ether oxygens (including phenoxy) is 1. The molecule has 0 aromatic carbocycles. The summed E-state index contributed by atoms with van der Waals surface area (Å²) >= 11 is 0. The molecule has 0 aromatic rings. The summed E-state index contributed by atoms with van der Waals surface area (Å²) in [4.78, 5) is 2.50. The van der Waals surface area contributed by atoms with Crippen molar-refractivity contribution in [2.75, 3.05) is 46.9 Å². The molecule has 0 spiro atoms. The van der Waals surface area contributed by atoms with Gasteiger partial charge in [0.15, 0.2) is 0 Å². The molecule has 0 unspecified atom stereocenters. The van der Waals surface area contributed by atoms with Gasteiger partial charge in [-0.1, -0.05) is 0 Å². The van der Waals surface area contributed by atoms with Crippen LogP contribution in [-0.4, -0.2) is 51.8 Å². The van der Waals surface area contributed by atoms with Gasteiger partial charge in [-0.3, -0.25) is 0 Å². The third-order valence-corrected chi connectivity index (χ3v) is 2.81. The third-order valence-electron chi connectivity index (χ3n) is 2.81. The fourth-order valence-electron chi connectivity index (χ4n) is 1.92. The molecule has 0 bridgehead atoms. The predicted octanol–water partition coefficient (Wildman–Crippen LogP) is 0.564. The fraction of sp³-hybridized carbons (Fsp3) is 1.00. The van der Waals surface area contributed by atoms with Gasteiger partial charge in [0.2, 0.25) is 0 Å². The lowest BCUT2D eigenvalue weighted by molar-refractivity contribution is 0.120. The highest BCUT2D eigenvalue weighted by molar-refractivity contribution is 4.72. The van der Waals surface area contributed by atoms with Gasteiger partial charge in [0.25, 0.3) is 0 Å². The molecule has 78 valence electrons. The molecule has 3 heteroatoms. The van der Waals surface area contributed by atoms with Gasteiger partial charge in [-0.25, -0.2) is 0 Å². The van der Waals surface area contributed by atoms with Gasteiger partial charge in [0, 0.05) is 13.7 Å². The number of hydrogen-bond acceptors (Lipinski definition) is 3. The zero-order valence-corrected chi connectivity index (χ0v) is 8.88. The molecular weight excluding hydrogens is 164 g/mol. The lowest BCUT2D eigenvalue weighted by atomic mass is 9.97. The second kappa shape index (κ2) is 6.35. The van der Waals surface area contributed by atoms with Crippen molar-refractivity contribution in [1.82, 2.24) is 10.2 Å². The minimum Gasteiger partial charge on any atom is -0.383 e. The van der Waals surface area contributed by atoms with Crippen LogP contribution in [0.15, 0.2) is 0 Å². The highest BCUT2D eigenvalue weighted by Crippen LogP contribution is 2.15. The molecule has 1 N–H and O–H groups in total. The molecule has 1 aliphatic heterocycles. The quantitative estimate of drug-likeness (QED) is 0.679. The molecule has 13 heavy (non-hydrogen) atoms. The first-order valence-corrected chi connectivity index (χ1v) is 5.22. The summed E-state index contributed by atoms with van der Waals surface area (Å²) in [5.41, 5.74) is 0. The SMILES string of the molecule is CNCC1CCN(CCOC)CC1. The van der Waals surface area contributed by atoms with E-state index in [4.69, 9.17) is 4.74 Å². The molecule has 0 atom stereocenters. The molecule has 0 saturated carbocycles. The normalized spacial score (nSPS) is 20.8. The molecule has 0 aromatic heterocycles. The van der Waals surface area contributed by atoms with E-state index in [1.165, 1.54) is 32.5 Å². The van der Waals surface area contributed by atoms with Crippen LogP contribution in [0.3, 0.4) is 0 Å². The van der Waals surface area contributed by atoms with Crippen LogP contribution < -0.4 is 5.32 Å². The lowest BCUT2D eigenvalue weighted by Crippen LogP contribution is -2.38. The Labute approximate surface area is 81.4 Å². The van der Waals surface area contributed by atoms with E-state index < -0.39 is 0 Å². The summed E-state index contributed by atoms with van der Waals surface area (Å²) < 4.78 is 5.06. The highest BCUT2D eigenvalue weighted by atomic mass is 16.5. The number of rotatable bonds is 5. The van der Waals surface area contributed by atoms with Crippen molar-refractivity contribution in [2.24, 2.45) is 5.92 Å². The Balaban J connectivity index is 2.08. The van der Waals surface area contributed by atoms with Crippen molar-refractivity contribution in [3.8, 4) is 0 Å². The van der Waals surface area contributed by atoms with Crippen molar-refractivity contribution < 1.29 is 4.74 Å². The zero-order valence-electron chi connectivity index (χ0n) is 8.88. The van der Waals surface area contributed by atoms with Crippen molar-refractivity contribution in [2.45, 2.75) is 12.8 Å². The average Bonchev–Trinajstić information content (AvgIpc) is 2.17. The van der Waals surface area contributed by atoms with E-state index >= 15 is 0 Å². The second-order valence-corrected chi connectivity index (χ2v) is 3.84.